The summed E-state index contributed by atoms with van der Waals surface area (Å²) in [6, 6.07) is 0. The van der Waals surface area contributed by atoms with Crippen molar-refractivity contribution in [3.8, 4) is 0 Å². The Hall–Kier alpha value is -0.213. The van der Waals surface area contributed by atoms with E-state index in [9.17, 15) is 4.79 Å². The van der Waals surface area contributed by atoms with Crippen molar-refractivity contribution in [2.45, 2.75) is 39.0 Å². The van der Waals surface area contributed by atoms with Gasteiger partial charge in [-0.3, -0.25) is 4.90 Å². The summed E-state index contributed by atoms with van der Waals surface area (Å²) in [6.45, 7) is 10.3. The first-order chi connectivity index (χ1) is 7.67. The van der Waals surface area contributed by atoms with E-state index in [0.29, 0.717) is 13.2 Å². The smallest absolute Gasteiger partial charge is 0.620 e. The molecule has 1 fully saturated rings. The van der Waals surface area contributed by atoms with Crippen molar-refractivity contribution in [3.63, 3.8) is 0 Å². The van der Waals surface area contributed by atoms with E-state index in [1.165, 1.54) is 6.61 Å². The van der Waals surface area contributed by atoms with Gasteiger partial charge in [-0.25, -0.2) is 4.79 Å². The van der Waals surface area contributed by atoms with Gasteiger partial charge in [-0.05, 0) is 41.8 Å². The summed E-state index contributed by atoms with van der Waals surface area (Å²) in [4.78, 5) is 15.6. The summed E-state index contributed by atoms with van der Waals surface area (Å²) in [5, 5.41) is 0. The minimum Gasteiger partial charge on any atom is -0.620 e. The number of hydrogen-bond acceptors (Lipinski definition) is 4. The molecule has 0 N–H and O–H groups in total. The van der Waals surface area contributed by atoms with Gasteiger partial charge in [0.25, 0.3) is 0 Å². The summed E-state index contributed by atoms with van der Waals surface area (Å²) in [6.07, 6.45) is -0.362. The van der Waals surface area contributed by atoms with Gasteiger partial charge in [-0.2, -0.15) is 0 Å². The second kappa shape index (κ2) is 6.29. The van der Waals surface area contributed by atoms with Crippen LogP contribution < -0.4 is 18.9 Å². The summed E-state index contributed by atoms with van der Waals surface area (Å²) in [5.41, 5.74) is -0.959. The van der Waals surface area contributed by atoms with Crippen LogP contribution >= 0.6 is 0 Å². The second-order valence-corrected chi connectivity index (χ2v) is 5.70. The molecular formula is C12H23LiN2O3. The SMILES string of the molecule is CN(C)C[CH-]OC(=O)N1C(C)(C)COC1(C)C.[Li+]. The van der Waals surface area contributed by atoms with E-state index in [1.54, 1.807) is 4.90 Å². The average Bonchev–Trinajstić information content (AvgIpc) is 2.35. The van der Waals surface area contributed by atoms with Crippen LogP contribution in [0, 0.1) is 6.61 Å². The molecule has 0 saturated carbocycles. The van der Waals surface area contributed by atoms with Crippen LogP contribution in [-0.4, -0.2) is 54.4 Å². The fraction of sp³-hybridized carbons (Fsp3) is 0.833. The Kier molecular flexibility index (Phi) is 6.22. The molecule has 1 heterocycles. The van der Waals surface area contributed by atoms with E-state index < -0.39 is 5.72 Å². The van der Waals surface area contributed by atoms with E-state index in [4.69, 9.17) is 9.47 Å². The molecule has 0 radical (unpaired) electrons. The number of carbonyl (C=O) groups excluding carboxylic acids is 1. The molecule has 1 saturated heterocycles. The van der Waals surface area contributed by atoms with Gasteiger partial charge in [0.1, 0.15) is 5.72 Å². The van der Waals surface area contributed by atoms with Gasteiger partial charge in [-0.1, -0.05) is 6.54 Å². The van der Waals surface area contributed by atoms with E-state index in [-0.39, 0.29) is 30.5 Å². The Morgan fingerprint density at radius 1 is 1.39 bits per heavy atom. The van der Waals surface area contributed by atoms with Gasteiger partial charge in [0.05, 0.1) is 12.1 Å². The van der Waals surface area contributed by atoms with Crippen LogP contribution in [-0.2, 0) is 9.47 Å². The minimum atomic E-state index is -0.619. The number of carbonyl (C=O) groups is 1. The van der Waals surface area contributed by atoms with Crippen LogP contribution in [0.3, 0.4) is 0 Å². The molecule has 0 aromatic heterocycles. The molecule has 1 rings (SSSR count). The number of likely N-dealkylation sites (N-methyl/N-ethyl adjacent to an activating group) is 1. The standard InChI is InChI=1S/C12H23N2O3.Li/c1-11(2)9-17-12(3,4)14(11)10(15)16-8-7-13(5)6;/h8H,7,9H2,1-6H3;/q-1;+1. The molecule has 1 aliphatic rings. The zero-order valence-electron chi connectivity index (χ0n) is 12.6. The van der Waals surface area contributed by atoms with Gasteiger partial charge < -0.3 is 14.4 Å². The summed E-state index contributed by atoms with van der Waals surface area (Å²) in [7, 11) is 3.83. The summed E-state index contributed by atoms with van der Waals surface area (Å²) in [5.74, 6) is 0. The number of rotatable bonds is 3. The quantitative estimate of drug-likeness (QED) is 0.461. The predicted molar refractivity (Wildman–Crippen MR) is 65.3 cm³/mol. The van der Waals surface area contributed by atoms with E-state index in [0.717, 1.165) is 0 Å². The van der Waals surface area contributed by atoms with Crippen molar-refractivity contribution in [2.24, 2.45) is 0 Å². The molecule has 1 amide bonds. The van der Waals surface area contributed by atoms with Gasteiger partial charge in [-0.15, -0.1) is 6.61 Å². The van der Waals surface area contributed by atoms with E-state index in [2.05, 4.69) is 0 Å². The first-order valence-electron chi connectivity index (χ1n) is 5.78. The largest absolute Gasteiger partial charge is 1.00 e. The molecule has 0 aromatic rings. The first kappa shape index (κ1) is 17.8. The molecule has 0 spiro atoms. The zero-order valence-corrected chi connectivity index (χ0v) is 12.6. The van der Waals surface area contributed by atoms with E-state index in [1.807, 2.05) is 46.7 Å². The average molecular weight is 250 g/mol. The van der Waals surface area contributed by atoms with Crippen molar-refractivity contribution in [3.05, 3.63) is 6.61 Å². The number of nitrogens with zero attached hydrogens (tertiary/aromatic N) is 2. The Morgan fingerprint density at radius 2 is 1.94 bits per heavy atom. The molecule has 0 atom stereocenters. The fourth-order valence-electron chi connectivity index (χ4n) is 1.99. The molecule has 18 heavy (non-hydrogen) atoms. The third kappa shape index (κ3) is 4.17. The molecule has 6 heteroatoms. The first-order valence-corrected chi connectivity index (χ1v) is 5.78. The van der Waals surface area contributed by atoms with Gasteiger partial charge in [0, 0.05) is 0 Å². The van der Waals surface area contributed by atoms with Crippen LogP contribution in [0.15, 0.2) is 0 Å². The molecule has 0 bridgehead atoms. The predicted octanol–water partition coefficient (Wildman–Crippen LogP) is -1.30. The maximum absolute atomic E-state index is 12.0. The van der Waals surface area contributed by atoms with E-state index >= 15 is 0 Å². The molecule has 5 nitrogen and oxygen atoms in total. The summed E-state index contributed by atoms with van der Waals surface area (Å²) < 4.78 is 10.8. The maximum Gasteiger partial charge on any atom is 1.00 e. The van der Waals surface area contributed by atoms with Crippen LogP contribution in [0.5, 0.6) is 0 Å². The Morgan fingerprint density at radius 3 is 2.33 bits per heavy atom. The Balaban J connectivity index is 0.00000289. The zero-order chi connectivity index (χ0) is 13.3. The normalized spacial score (nSPS) is 20.7. The molecule has 1 aliphatic heterocycles. The third-order valence-electron chi connectivity index (χ3n) is 2.73. The Labute approximate surface area is 122 Å². The molecule has 0 aromatic carbocycles. The number of ether oxygens (including phenoxy) is 2. The fourth-order valence-corrected chi connectivity index (χ4v) is 1.99. The van der Waals surface area contributed by atoms with Gasteiger partial charge in [0.15, 0.2) is 0 Å². The molecule has 0 aliphatic carbocycles. The van der Waals surface area contributed by atoms with Crippen molar-refractivity contribution in [2.75, 3.05) is 27.2 Å². The maximum atomic E-state index is 12.0. The summed E-state index contributed by atoms with van der Waals surface area (Å²) >= 11 is 0. The van der Waals surface area contributed by atoms with Gasteiger partial charge >= 0.3 is 25.0 Å². The molecule has 0 unspecified atom stereocenters. The van der Waals surface area contributed by atoms with Crippen LogP contribution in [0.4, 0.5) is 4.79 Å². The van der Waals surface area contributed by atoms with Crippen LogP contribution in [0.1, 0.15) is 27.7 Å². The number of amides is 1. The van der Waals surface area contributed by atoms with Crippen molar-refractivity contribution >= 4 is 6.09 Å². The van der Waals surface area contributed by atoms with Crippen molar-refractivity contribution in [1.82, 2.24) is 9.80 Å². The second-order valence-electron chi connectivity index (χ2n) is 5.70. The van der Waals surface area contributed by atoms with Crippen molar-refractivity contribution in [1.29, 1.82) is 0 Å². The monoisotopic (exact) mass is 250 g/mol. The Bertz CT molecular complexity index is 277. The molecular weight excluding hydrogens is 227 g/mol. The van der Waals surface area contributed by atoms with Crippen LogP contribution in [0.25, 0.3) is 0 Å². The van der Waals surface area contributed by atoms with Crippen LogP contribution in [0.2, 0.25) is 0 Å². The minimum absolute atomic E-state index is 0. The molecule has 100 valence electrons. The third-order valence-corrected chi connectivity index (χ3v) is 2.73. The topological polar surface area (TPSA) is 42.0 Å². The van der Waals surface area contributed by atoms with Gasteiger partial charge in [0.2, 0.25) is 0 Å². The number of hydrogen-bond donors (Lipinski definition) is 0. The van der Waals surface area contributed by atoms with Crippen molar-refractivity contribution < 1.29 is 33.1 Å².